The molecule has 1 aliphatic carbocycles. The van der Waals surface area contributed by atoms with Crippen LogP contribution in [0.5, 0.6) is 0 Å². The van der Waals surface area contributed by atoms with Gasteiger partial charge in [0.1, 0.15) is 0 Å². The second-order valence-electron chi connectivity index (χ2n) is 4.67. The van der Waals surface area contributed by atoms with Gasteiger partial charge in [0.15, 0.2) is 0 Å². The molecule has 1 nitrogen and oxygen atoms in total. The Balaban J connectivity index is 2.36. The van der Waals surface area contributed by atoms with E-state index < -0.39 is 0 Å². The van der Waals surface area contributed by atoms with Crippen LogP contribution < -0.4 is 0 Å². The zero-order valence-electron chi connectivity index (χ0n) is 9.33. The molecule has 3 rings (SSSR count). The lowest BCUT2D eigenvalue weighted by molar-refractivity contribution is 0.920. The molecule has 1 heteroatoms. The number of benzene rings is 2. The largest absolute Gasteiger partial charge is 0.197 e. The molecule has 0 radical (unpaired) electrons. The predicted molar refractivity (Wildman–Crippen MR) is 65.2 cm³/mol. The van der Waals surface area contributed by atoms with E-state index >= 15 is 0 Å². The maximum absolute atomic E-state index is 9.29. The molecule has 0 saturated heterocycles. The Labute approximate surface area is 95.3 Å². The predicted octanol–water partition coefficient (Wildman–Crippen LogP) is 3.70. The van der Waals surface area contributed by atoms with Crippen molar-refractivity contribution in [3.05, 3.63) is 47.5 Å². The average Bonchev–Trinajstić information content (AvgIpc) is 3.11. The summed E-state index contributed by atoms with van der Waals surface area (Å²) in [5.74, 6) is 0. The van der Waals surface area contributed by atoms with Crippen molar-refractivity contribution in [1.29, 1.82) is 5.26 Å². The van der Waals surface area contributed by atoms with Gasteiger partial charge in [0.25, 0.3) is 0 Å². The van der Waals surface area contributed by atoms with Crippen LogP contribution in [0.2, 0.25) is 0 Å². The number of hydrogen-bond acceptors (Lipinski definition) is 1. The van der Waals surface area contributed by atoms with Crippen LogP contribution in [0.15, 0.2) is 36.4 Å². The van der Waals surface area contributed by atoms with Crippen molar-refractivity contribution in [2.24, 2.45) is 0 Å². The van der Waals surface area contributed by atoms with Crippen LogP contribution in [0, 0.1) is 18.3 Å². The molecule has 0 unspecified atom stereocenters. The summed E-state index contributed by atoms with van der Waals surface area (Å²) < 4.78 is 0. The van der Waals surface area contributed by atoms with Gasteiger partial charge in [0.05, 0.1) is 11.5 Å². The Morgan fingerprint density at radius 3 is 2.38 bits per heavy atom. The Hall–Kier alpha value is -1.81. The van der Waals surface area contributed by atoms with Crippen molar-refractivity contribution in [3.63, 3.8) is 0 Å². The third kappa shape index (κ3) is 1.17. The van der Waals surface area contributed by atoms with Crippen molar-refractivity contribution in [1.82, 2.24) is 0 Å². The van der Waals surface area contributed by atoms with Gasteiger partial charge < -0.3 is 0 Å². The molecule has 0 bridgehead atoms. The van der Waals surface area contributed by atoms with Crippen molar-refractivity contribution in [2.45, 2.75) is 25.2 Å². The number of fused-ring (bicyclic) bond motifs is 1. The van der Waals surface area contributed by atoms with Crippen molar-refractivity contribution in [3.8, 4) is 6.07 Å². The second-order valence-corrected chi connectivity index (χ2v) is 4.67. The van der Waals surface area contributed by atoms with Crippen molar-refractivity contribution < 1.29 is 0 Å². The molecule has 1 aliphatic rings. The first-order chi connectivity index (χ1) is 7.77. The lowest BCUT2D eigenvalue weighted by Crippen LogP contribution is -2.03. The Kier molecular flexibility index (Phi) is 1.82. The lowest BCUT2D eigenvalue weighted by Gasteiger charge is -2.12. The molecule has 0 amide bonds. The van der Waals surface area contributed by atoms with E-state index in [0.717, 1.165) is 12.8 Å². The molecular formula is C15H13N. The first kappa shape index (κ1) is 9.42. The van der Waals surface area contributed by atoms with E-state index in [9.17, 15) is 5.26 Å². The molecule has 2 aromatic rings. The smallest absolute Gasteiger partial charge is 0.0829 e. The molecule has 78 valence electrons. The van der Waals surface area contributed by atoms with Gasteiger partial charge in [-0.05, 0) is 41.7 Å². The molecule has 16 heavy (non-hydrogen) atoms. The van der Waals surface area contributed by atoms with E-state index in [1.165, 1.54) is 21.9 Å². The van der Waals surface area contributed by atoms with Gasteiger partial charge in [0, 0.05) is 0 Å². The Bertz CT molecular complexity index is 600. The minimum absolute atomic E-state index is 0.187. The third-order valence-electron chi connectivity index (χ3n) is 3.62. The minimum atomic E-state index is -0.187. The third-order valence-corrected chi connectivity index (χ3v) is 3.62. The van der Waals surface area contributed by atoms with Gasteiger partial charge in [-0.3, -0.25) is 0 Å². The number of nitrogens with zero attached hydrogens (tertiary/aromatic N) is 1. The highest BCUT2D eigenvalue weighted by Crippen LogP contribution is 2.49. The van der Waals surface area contributed by atoms with Crippen LogP contribution in [0.4, 0.5) is 0 Å². The molecule has 0 N–H and O–H groups in total. The lowest BCUT2D eigenvalue weighted by atomic mass is 9.90. The number of aryl methyl sites for hydroxylation is 1. The maximum Gasteiger partial charge on any atom is 0.0829 e. The highest BCUT2D eigenvalue weighted by atomic mass is 14.5. The normalized spacial score (nSPS) is 17.0. The van der Waals surface area contributed by atoms with E-state index in [1.807, 2.05) is 0 Å². The fourth-order valence-corrected chi connectivity index (χ4v) is 2.43. The summed E-state index contributed by atoms with van der Waals surface area (Å²) in [6, 6.07) is 15.1. The molecule has 1 fully saturated rings. The molecule has 0 spiro atoms. The number of rotatable bonds is 1. The first-order valence-electron chi connectivity index (χ1n) is 5.67. The zero-order chi connectivity index (χ0) is 11.2. The summed E-state index contributed by atoms with van der Waals surface area (Å²) in [6.07, 6.45) is 2.02. The first-order valence-corrected chi connectivity index (χ1v) is 5.67. The molecule has 0 aliphatic heterocycles. The Morgan fingerprint density at radius 2 is 1.75 bits per heavy atom. The van der Waals surface area contributed by atoms with Crippen LogP contribution in [0.25, 0.3) is 10.8 Å². The Morgan fingerprint density at radius 1 is 1.06 bits per heavy atom. The summed E-state index contributed by atoms with van der Waals surface area (Å²) in [4.78, 5) is 0. The average molecular weight is 207 g/mol. The summed E-state index contributed by atoms with van der Waals surface area (Å²) >= 11 is 0. The molecule has 0 atom stereocenters. The van der Waals surface area contributed by atoms with E-state index in [1.54, 1.807) is 0 Å². The summed E-state index contributed by atoms with van der Waals surface area (Å²) in [5.41, 5.74) is 2.32. The van der Waals surface area contributed by atoms with E-state index in [4.69, 9.17) is 0 Å². The highest BCUT2D eigenvalue weighted by Gasteiger charge is 2.45. The minimum Gasteiger partial charge on any atom is -0.197 e. The highest BCUT2D eigenvalue weighted by molar-refractivity contribution is 5.90. The number of nitriles is 1. The van der Waals surface area contributed by atoms with Crippen LogP contribution >= 0.6 is 0 Å². The fourth-order valence-electron chi connectivity index (χ4n) is 2.43. The van der Waals surface area contributed by atoms with Gasteiger partial charge in [-0.15, -0.1) is 0 Å². The second kappa shape index (κ2) is 3.09. The van der Waals surface area contributed by atoms with E-state index in [2.05, 4.69) is 49.4 Å². The van der Waals surface area contributed by atoms with Crippen molar-refractivity contribution >= 4 is 10.8 Å². The van der Waals surface area contributed by atoms with Gasteiger partial charge in [-0.25, -0.2) is 0 Å². The maximum atomic E-state index is 9.29. The molecule has 2 aromatic carbocycles. The molecule has 0 heterocycles. The summed E-state index contributed by atoms with van der Waals surface area (Å²) in [7, 11) is 0. The van der Waals surface area contributed by atoms with Gasteiger partial charge in [-0.2, -0.15) is 5.26 Å². The monoisotopic (exact) mass is 207 g/mol. The van der Waals surface area contributed by atoms with Crippen LogP contribution in [-0.4, -0.2) is 0 Å². The van der Waals surface area contributed by atoms with Crippen LogP contribution in [0.3, 0.4) is 0 Å². The van der Waals surface area contributed by atoms with Crippen LogP contribution in [0.1, 0.15) is 24.0 Å². The fraction of sp³-hybridized carbons (Fsp3) is 0.267. The number of hydrogen-bond donors (Lipinski definition) is 0. The molecule has 1 saturated carbocycles. The van der Waals surface area contributed by atoms with E-state index in [0.29, 0.717) is 0 Å². The zero-order valence-corrected chi connectivity index (χ0v) is 9.33. The van der Waals surface area contributed by atoms with Crippen LogP contribution in [-0.2, 0) is 5.41 Å². The van der Waals surface area contributed by atoms with Gasteiger partial charge >= 0.3 is 0 Å². The van der Waals surface area contributed by atoms with Crippen molar-refractivity contribution in [2.75, 3.05) is 0 Å². The van der Waals surface area contributed by atoms with Gasteiger partial charge in [0.2, 0.25) is 0 Å². The topological polar surface area (TPSA) is 23.8 Å². The molecule has 0 aromatic heterocycles. The molecular weight excluding hydrogens is 194 g/mol. The SMILES string of the molecule is Cc1ccc(C2(C#N)CC2)c2ccccc12. The quantitative estimate of drug-likeness (QED) is 0.699. The summed E-state index contributed by atoms with van der Waals surface area (Å²) in [6.45, 7) is 2.12. The van der Waals surface area contributed by atoms with Gasteiger partial charge in [-0.1, -0.05) is 36.4 Å². The standard InChI is InChI=1S/C15H13N/c1-11-6-7-14(15(10-16)8-9-15)13-5-3-2-4-12(11)13/h2-7H,8-9H2,1H3. The summed E-state index contributed by atoms with van der Waals surface area (Å²) in [5, 5.41) is 11.8. The van der Waals surface area contributed by atoms with E-state index in [-0.39, 0.29) is 5.41 Å².